The lowest BCUT2D eigenvalue weighted by Gasteiger charge is -2.33. The zero-order chi connectivity index (χ0) is 18.2. The Bertz CT molecular complexity index is 565. The standard InChI is InChI=1S/C20H28ClNO3/c1-15(20(24)25-2)14-22(18-7-5-3-4-6-8-18)19(23)13-16-9-11-17(21)12-10-16/h9-12,15,18H,3-8,13-14H2,1-2H3. The van der Waals surface area contributed by atoms with Crippen LogP contribution in [-0.4, -0.2) is 36.5 Å². The zero-order valence-electron chi connectivity index (χ0n) is 15.2. The third-order valence-electron chi connectivity index (χ3n) is 4.93. The molecule has 1 amide bonds. The van der Waals surface area contributed by atoms with E-state index in [9.17, 15) is 9.59 Å². The normalized spacial score (nSPS) is 16.8. The maximum absolute atomic E-state index is 13.0. The van der Waals surface area contributed by atoms with Gasteiger partial charge in [0.25, 0.3) is 0 Å². The average Bonchev–Trinajstić information content (AvgIpc) is 2.89. The Morgan fingerprint density at radius 3 is 2.32 bits per heavy atom. The number of halogens is 1. The number of ether oxygens (including phenoxy) is 1. The van der Waals surface area contributed by atoms with Gasteiger partial charge in [-0.05, 0) is 30.5 Å². The van der Waals surface area contributed by atoms with Crippen LogP contribution in [0.3, 0.4) is 0 Å². The van der Waals surface area contributed by atoms with E-state index in [1.165, 1.54) is 20.0 Å². The van der Waals surface area contributed by atoms with Gasteiger partial charge in [-0.2, -0.15) is 0 Å². The first-order chi connectivity index (χ1) is 12.0. The number of methoxy groups -OCH3 is 1. The number of rotatable bonds is 6. The minimum Gasteiger partial charge on any atom is -0.469 e. The van der Waals surface area contributed by atoms with Crippen LogP contribution in [-0.2, 0) is 20.7 Å². The summed E-state index contributed by atoms with van der Waals surface area (Å²) in [4.78, 5) is 26.8. The topological polar surface area (TPSA) is 46.6 Å². The fourth-order valence-electron chi connectivity index (χ4n) is 3.47. The van der Waals surface area contributed by atoms with E-state index in [1.807, 2.05) is 24.0 Å². The summed E-state index contributed by atoms with van der Waals surface area (Å²) in [5.74, 6) is -0.509. The highest BCUT2D eigenvalue weighted by Gasteiger charge is 2.28. The molecule has 0 bridgehead atoms. The van der Waals surface area contributed by atoms with E-state index in [1.54, 1.807) is 12.1 Å². The molecule has 0 aromatic heterocycles. The molecule has 1 aliphatic rings. The van der Waals surface area contributed by atoms with Crippen molar-refractivity contribution in [2.75, 3.05) is 13.7 Å². The number of hydrogen-bond acceptors (Lipinski definition) is 3. The third-order valence-corrected chi connectivity index (χ3v) is 5.18. The van der Waals surface area contributed by atoms with Crippen molar-refractivity contribution >= 4 is 23.5 Å². The first kappa shape index (κ1) is 19.8. The molecule has 1 fully saturated rings. The van der Waals surface area contributed by atoms with E-state index in [0.29, 0.717) is 18.0 Å². The smallest absolute Gasteiger partial charge is 0.310 e. The lowest BCUT2D eigenvalue weighted by atomic mass is 10.0. The molecule has 1 saturated carbocycles. The van der Waals surface area contributed by atoms with Crippen molar-refractivity contribution in [2.45, 2.75) is 57.9 Å². The molecule has 0 aliphatic heterocycles. The van der Waals surface area contributed by atoms with Gasteiger partial charge in [0.2, 0.25) is 5.91 Å². The van der Waals surface area contributed by atoms with Gasteiger partial charge in [0, 0.05) is 17.6 Å². The molecule has 1 aromatic rings. The SMILES string of the molecule is COC(=O)C(C)CN(C(=O)Cc1ccc(Cl)cc1)C1CCCCCC1. The van der Waals surface area contributed by atoms with E-state index in [2.05, 4.69) is 0 Å². The van der Waals surface area contributed by atoms with Gasteiger partial charge < -0.3 is 9.64 Å². The summed E-state index contributed by atoms with van der Waals surface area (Å²) >= 11 is 5.92. The Labute approximate surface area is 155 Å². The molecular weight excluding hydrogens is 338 g/mol. The molecule has 0 spiro atoms. The van der Waals surface area contributed by atoms with Gasteiger partial charge in [-0.1, -0.05) is 56.3 Å². The number of hydrogen-bond donors (Lipinski definition) is 0. The van der Waals surface area contributed by atoms with Crippen LogP contribution < -0.4 is 0 Å². The Balaban J connectivity index is 2.12. The Kier molecular flexibility index (Phi) is 7.76. The predicted octanol–water partition coefficient (Wildman–Crippen LogP) is 4.24. The number of esters is 1. The van der Waals surface area contributed by atoms with Gasteiger partial charge in [-0.3, -0.25) is 9.59 Å². The average molecular weight is 366 g/mol. The summed E-state index contributed by atoms with van der Waals surface area (Å²) in [7, 11) is 1.39. The van der Waals surface area contributed by atoms with Crippen LogP contribution in [0.15, 0.2) is 24.3 Å². The van der Waals surface area contributed by atoms with Crippen LogP contribution in [0.4, 0.5) is 0 Å². The van der Waals surface area contributed by atoms with Crippen molar-refractivity contribution in [1.29, 1.82) is 0 Å². The van der Waals surface area contributed by atoms with Crippen LogP contribution in [0.1, 0.15) is 51.0 Å². The maximum atomic E-state index is 13.0. The Morgan fingerprint density at radius 1 is 1.16 bits per heavy atom. The monoisotopic (exact) mass is 365 g/mol. The molecule has 0 N–H and O–H groups in total. The molecule has 2 rings (SSSR count). The molecule has 0 saturated heterocycles. The van der Waals surface area contributed by atoms with Gasteiger partial charge in [0.1, 0.15) is 0 Å². The molecule has 0 radical (unpaired) electrons. The summed E-state index contributed by atoms with van der Waals surface area (Å²) < 4.78 is 4.84. The molecule has 4 nitrogen and oxygen atoms in total. The van der Waals surface area contributed by atoms with E-state index in [4.69, 9.17) is 16.3 Å². The highest BCUT2D eigenvalue weighted by molar-refractivity contribution is 6.30. The minimum atomic E-state index is -0.317. The fourth-order valence-corrected chi connectivity index (χ4v) is 3.60. The fraction of sp³-hybridized carbons (Fsp3) is 0.600. The summed E-state index contributed by atoms with van der Waals surface area (Å²) in [6, 6.07) is 7.59. The highest BCUT2D eigenvalue weighted by atomic mass is 35.5. The quantitative estimate of drug-likeness (QED) is 0.559. The minimum absolute atomic E-state index is 0.0741. The molecule has 5 heteroatoms. The van der Waals surface area contributed by atoms with Crippen LogP contribution in [0.2, 0.25) is 5.02 Å². The van der Waals surface area contributed by atoms with Gasteiger partial charge in [-0.15, -0.1) is 0 Å². The van der Waals surface area contributed by atoms with Crippen molar-refractivity contribution in [3.63, 3.8) is 0 Å². The number of amides is 1. The van der Waals surface area contributed by atoms with E-state index in [0.717, 1.165) is 31.2 Å². The Morgan fingerprint density at radius 2 is 1.76 bits per heavy atom. The van der Waals surface area contributed by atoms with Gasteiger partial charge in [0.05, 0.1) is 19.4 Å². The van der Waals surface area contributed by atoms with Crippen molar-refractivity contribution in [3.8, 4) is 0 Å². The lowest BCUT2D eigenvalue weighted by molar-refractivity contribution is -0.147. The number of carbonyl (C=O) groups excluding carboxylic acids is 2. The maximum Gasteiger partial charge on any atom is 0.310 e. The first-order valence-corrected chi connectivity index (χ1v) is 9.50. The molecule has 138 valence electrons. The molecule has 1 aromatic carbocycles. The highest BCUT2D eigenvalue weighted by Crippen LogP contribution is 2.24. The second kappa shape index (κ2) is 9.81. The second-order valence-corrected chi connectivity index (χ2v) is 7.36. The molecule has 0 heterocycles. The van der Waals surface area contributed by atoms with E-state index >= 15 is 0 Å². The summed E-state index contributed by atoms with van der Waals surface area (Å²) in [6.07, 6.45) is 7.09. The third kappa shape index (κ3) is 6.03. The Hall–Kier alpha value is -1.55. The van der Waals surface area contributed by atoms with Crippen molar-refractivity contribution in [3.05, 3.63) is 34.9 Å². The van der Waals surface area contributed by atoms with Gasteiger partial charge in [0.15, 0.2) is 0 Å². The van der Waals surface area contributed by atoms with Crippen LogP contribution in [0.5, 0.6) is 0 Å². The predicted molar refractivity (Wildman–Crippen MR) is 99.5 cm³/mol. The van der Waals surface area contributed by atoms with E-state index < -0.39 is 0 Å². The number of benzene rings is 1. The largest absolute Gasteiger partial charge is 0.469 e. The zero-order valence-corrected chi connectivity index (χ0v) is 15.9. The molecule has 1 aliphatic carbocycles. The molecular formula is C20H28ClNO3. The second-order valence-electron chi connectivity index (χ2n) is 6.92. The van der Waals surface area contributed by atoms with Gasteiger partial charge in [-0.25, -0.2) is 0 Å². The van der Waals surface area contributed by atoms with Gasteiger partial charge >= 0.3 is 5.97 Å². The summed E-state index contributed by atoms with van der Waals surface area (Å²) in [5, 5.41) is 0.663. The molecule has 1 atom stereocenters. The molecule has 25 heavy (non-hydrogen) atoms. The van der Waals surface area contributed by atoms with Crippen molar-refractivity contribution in [2.24, 2.45) is 5.92 Å². The summed E-state index contributed by atoms with van der Waals surface area (Å²) in [6.45, 7) is 2.24. The van der Waals surface area contributed by atoms with E-state index in [-0.39, 0.29) is 23.8 Å². The number of nitrogens with zero attached hydrogens (tertiary/aromatic N) is 1. The van der Waals surface area contributed by atoms with Crippen LogP contribution in [0.25, 0.3) is 0 Å². The lowest BCUT2D eigenvalue weighted by Crippen LogP contribution is -2.44. The first-order valence-electron chi connectivity index (χ1n) is 9.13. The molecule has 1 unspecified atom stereocenters. The number of carbonyl (C=O) groups is 2. The van der Waals surface area contributed by atoms with Crippen molar-refractivity contribution in [1.82, 2.24) is 4.90 Å². The summed E-state index contributed by atoms with van der Waals surface area (Å²) in [5.41, 5.74) is 0.943. The van der Waals surface area contributed by atoms with Crippen molar-refractivity contribution < 1.29 is 14.3 Å². The van der Waals surface area contributed by atoms with Crippen LogP contribution in [0, 0.1) is 5.92 Å². The van der Waals surface area contributed by atoms with Crippen LogP contribution >= 0.6 is 11.6 Å².